The molecule has 6 nitrogen and oxygen atoms in total. The topological polar surface area (TPSA) is 84.5 Å². The van der Waals surface area contributed by atoms with E-state index in [1.165, 1.54) is 35.6 Å². The number of benzene rings is 2. The van der Waals surface area contributed by atoms with Crippen molar-refractivity contribution >= 4 is 39.8 Å². The lowest BCUT2D eigenvalue weighted by Crippen LogP contribution is -2.22. The molecule has 2 amide bonds. The van der Waals surface area contributed by atoms with E-state index in [1.807, 2.05) is 30.3 Å². The van der Waals surface area contributed by atoms with Gasteiger partial charge in [-0.3, -0.25) is 9.59 Å². The molecule has 0 atom stereocenters. The fourth-order valence-corrected chi connectivity index (χ4v) is 3.81. The minimum absolute atomic E-state index is 0.0104. The third kappa shape index (κ3) is 5.89. The molecule has 1 heterocycles. The summed E-state index contributed by atoms with van der Waals surface area (Å²) in [4.78, 5) is 37.3. The summed E-state index contributed by atoms with van der Waals surface area (Å²) in [6, 6.07) is 14.8. The summed E-state index contributed by atoms with van der Waals surface area (Å²) in [5.74, 6) is -2.44. The second-order valence-corrected chi connectivity index (χ2v) is 7.91. The van der Waals surface area contributed by atoms with Crippen molar-refractivity contribution in [1.29, 1.82) is 0 Å². The number of amides is 2. The average Bonchev–Trinajstić information content (AvgIpc) is 3.17. The zero-order valence-corrected chi connectivity index (χ0v) is 18.3. The minimum Gasteiger partial charge on any atom is -0.452 e. The molecule has 0 aliphatic carbocycles. The highest BCUT2D eigenvalue weighted by molar-refractivity contribution is 7.15. The number of para-hydroxylation sites is 1. The van der Waals surface area contributed by atoms with E-state index in [0.717, 1.165) is 11.1 Å². The molecule has 0 spiro atoms. The number of esters is 1. The smallest absolute Gasteiger partial charge is 0.342 e. The Labute approximate surface area is 188 Å². The summed E-state index contributed by atoms with van der Waals surface area (Å²) in [6.07, 6.45) is 1.42. The van der Waals surface area contributed by atoms with Crippen molar-refractivity contribution in [2.24, 2.45) is 0 Å². The van der Waals surface area contributed by atoms with Crippen molar-refractivity contribution in [2.45, 2.75) is 13.8 Å². The molecule has 2 aromatic carbocycles. The van der Waals surface area contributed by atoms with E-state index >= 15 is 0 Å². The van der Waals surface area contributed by atoms with Gasteiger partial charge in [-0.15, -0.1) is 11.3 Å². The molecule has 0 aliphatic rings. The van der Waals surface area contributed by atoms with Gasteiger partial charge < -0.3 is 15.4 Å². The van der Waals surface area contributed by atoms with Crippen molar-refractivity contribution in [2.75, 3.05) is 17.2 Å². The Bertz CT molecular complexity index is 1170. The number of rotatable bonds is 7. The fourth-order valence-electron chi connectivity index (χ4n) is 2.85. The van der Waals surface area contributed by atoms with Crippen LogP contribution in [0.15, 0.2) is 71.6 Å². The number of halogens is 1. The summed E-state index contributed by atoms with van der Waals surface area (Å²) in [6.45, 7) is 2.96. The third-order valence-corrected chi connectivity index (χ3v) is 5.11. The van der Waals surface area contributed by atoms with Gasteiger partial charge in [0.2, 0.25) is 5.91 Å². The molecule has 3 aromatic rings. The lowest BCUT2D eigenvalue weighted by Gasteiger charge is -2.10. The monoisotopic (exact) mass is 452 g/mol. The van der Waals surface area contributed by atoms with Crippen LogP contribution in [0.5, 0.6) is 0 Å². The molecule has 0 fully saturated rings. The maximum Gasteiger partial charge on any atom is 0.342 e. The third-order valence-electron chi connectivity index (χ3n) is 4.22. The summed E-state index contributed by atoms with van der Waals surface area (Å²) in [5, 5.41) is 7.11. The Kier molecular flexibility index (Phi) is 7.51. The zero-order valence-electron chi connectivity index (χ0n) is 17.5. The minimum atomic E-state index is -0.777. The molecular weight excluding hydrogens is 431 g/mol. The molecule has 164 valence electrons. The maximum atomic E-state index is 13.7. The molecule has 3 rings (SSSR count). The first-order valence-electron chi connectivity index (χ1n) is 9.69. The normalized spacial score (nSPS) is 10.2. The molecule has 0 bridgehead atoms. The summed E-state index contributed by atoms with van der Waals surface area (Å²) in [7, 11) is 0. The van der Waals surface area contributed by atoms with Gasteiger partial charge in [0.1, 0.15) is 16.4 Å². The first-order chi connectivity index (χ1) is 15.3. The Balaban J connectivity index is 1.80. The maximum absolute atomic E-state index is 13.7. The van der Waals surface area contributed by atoms with Crippen LogP contribution in [0.3, 0.4) is 0 Å². The fraction of sp³-hybridized carbons (Fsp3) is 0.125. The Hall–Kier alpha value is -3.78. The quantitative estimate of drug-likeness (QED) is 0.379. The standard InChI is InChI=1S/C24H21FN2O4S/c1-15(2)12-20(28)27-23-22(17(14-32-23)16-8-4-3-5-9-16)24(30)31-13-21(29)26-19-11-7-6-10-18(19)25/h3-12,14H,13H2,1-2H3,(H,26,29)(H,27,28). The number of carbonyl (C=O) groups excluding carboxylic acids is 3. The second kappa shape index (κ2) is 10.5. The van der Waals surface area contributed by atoms with Crippen LogP contribution in [0.25, 0.3) is 11.1 Å². The summed E-state index contributed by atoms with van der Waals surface area (Å²) < 4.78 is 18.9. The zero-order chi connectivity index (χ0) is 23.1. The van der Waals surface area contributed by atoms with Crippen molar-refractivity contribution < 1.29 is 23.5 Å². The van der Waals surface area contributed by atoms with Crippen LogP contribution in [0.4, 0.5) is 15.1 Å². The summed E-state index contributed by atoms with van der Waals surface area (Å²) in [5.41, 5.74) is 2.27. The van der Waals surface area contributed by atoms with Crippen molar-refractivity contribution in [3.8, 4) is 11.1 Å². The molecule has 0 saturated carbocycles. The SMILES string of the molecule is CC(C)=CC(=O)Nc1scc(-c2ccccc2)c1C(=O)OCC(=O)Nc1ccccc1F. The first-order valence-corrected chi connectivity index (χ1v) is 10.6. The average molecular weight is 453 g/mol. The number of ether oxygens (including phenoxy) is 1. The van der Waals surface area contributed by atoms with Gasteiger partial charge in [-0.25, -0.2) is 9.18 Å². The number of allylic oxidation sites excluding steroid dienone is 1. The molecule has 8 heteroatoms. The van der Waals surface area contributed by atoms with Gasteiger partial charge in [-0.2, -0.15) is 0 Å². The number of anilines is 2. The molecule has 0 aliphatic heterocycles. The van der Waals surface area contributed by atoms with Crippen molar-refractivity contribution in [3.63, 3.8) is 0 Å². The molecule has 32 heavy (non-hydrogen) atoms. The Morgan fingerprint density at radius 2 is 1.69 bits per heavy atom. The second-order valence-electron chi connectivity index (χ2n) is 7.03. The van der Waals surface area contributed by atoms with Crippen LogP contribution in [0.2, 0.25) is 0 Å². The van der Waals surface area contributed by atoms with E-state index in [0.29, 0.717) is 10.6 Å². The lowest BCUT2D eigenvalue weighted by molar-refractivity contribution is -0.119. The molecular formula is C24H21FN2O4S. The van der Waals surface area contributed by atoms with E-state index in [1.54, 1.807) is 25.3 Å². The van der Waals surface area contributed by atoms with Gasteiger partial charge in [0, 0.05) is 17.0 Å². The Morgan fingerprint density at radius 1 is 1.00 bits per heavy atom. The van der Waals surface area contributed by atoms with Gasteiger partial charge in [-0.1, -0.05) is 48.0 Å². The molecule has 0 radical (unpaired) electrons. The number of hydrogen-bond donors (Lipinski definition) is 2. The van der Waals surface area contributed by atoms with Crippen LogP contribution in [0, 0.1) is 5.82 Å². The predicted octanol–water partition coefficient (Wildman–Crippen LogP) is 5.25. The van der Waals surface area contributed by atoms with Crippen molar-refractivity contribution in [3.05, 3.63) is 83.0 Å². The van der Waals surface area contributed by atoms with Gasteiger partial charge in [0.25, 0.3) is 5.91 Å². The first kappa shape index (κ1) is 22.9. The number of hydrogen-bond acceptors (Lipinski definition) is 5. The van der Waals surface area contributed by atoms with Crippen LogP contribution < -0.4 is 10.6 Å². The van der Waals surface area contributed by atoms with E-state index in [2.05, 4.69) is 10.6 Å². The molecule has 0 unspecified atom stereocenters. The van der Waals surface area contributed by atoms with Gasteiger partial charge in [0.15, 0.2) is 6.61 Å². The van der Waals surface area contributed by atoms with E-state index in [-0.39, 0.29) is 17.2 Å². The largest absolute Gasteiger partial charge is 0.452 e. The highest BCUT2D eigenvalue weighted by Crippen LogP contribution is 2.36. The van der Waals surface area contributed by atoms with Crippen LogP contribution in [-0.2, 0) is 14.3 Å². The van der Waals surface area contributed by atoms with E-state index < -0.39 is 24.3 Å². The molecule has 1 aromatic heterocycles. The predicted molar refractivity (Wildman–Crippen MR) is 123 cm³/mol. The van der Waals surface area contributed by atoms with Crippen LogP contribution >= 0.6 is 11.3 Å². The van der Waals surface area contributed by atoms with Crippen LogP contribution in [0.1, 0.15) is 24.2 Å². The van der Waals surface area contributed by atoms with Crippen LogP contribution in [-0.4, -0.2) is 24.4 Å². The van der Waals surface area contributed by atoms with Gasteiger partial charge >= 0.3 is 5.97 Å². The highest BCUT2D eigenvalue weighted by Gasteiger charge is 2.23. The molecule has 0 saturated heterocycles. The Morgan fingerprint density at radius 3 is 2.38 bits per heavy atom. The van der Waals surface area contributed by atoms with Gasteiger partial charge in [-0.05, 0) is 31.5 Å². The van der Waals surface area contributed by atoms with E-state index in [4.69, 9.17) is 4.74 Å². The number of carbonyl (C=O) groups is 3. The number of nitrogens with one attached hydrogen (secondary N) is 2. The van der Waals surface area contributed by atoms with Crippen molar-refractivity contribution in [1.82, 2.24) is 0 Å². The van der Waals surface area contributed by atoms with E-state index in [9.17, 15) is 18.8 Å². The number of thiophene rings is 1. The highest BCUT2D eigenvalue weighted by atomic mass is 32.1. The molecule has 2 N–H and O–H groups in total. The summed E-state index contributed by atoms with van der Waals surface area (Å²) >= 11 is 1.18. The lowest BCUT2D eigenvalue weighted by atomic mass is 10.0. The van der Waals surface area contributed by atoms with Gasteiger partial charge in [0.05, 0.1) is 5.69 Å².